The molecular weight excluding hydrogens is 422 g/mol. The van der Waals surface area contributed by atoms with E-state index in [1.807, 2.05) is 4.57 Å². The molecule has 1 amide bonds. The van der Waals surface area contributed by atoms with E-state index >= 15 is 0 Å². The van der Waals surface area contributed by atoms with Crippen LogP contribution in [0.1, 0.15) is 55.7 Å². The van der Waals surface area contributed by atoms with Gasteiger partial charge in [-0.15, -0.1) is 0 Å². The van der Waals surface area contributed by atoms with E-state index in [9.17, 15) is 13.6 Å². The first-order valence-corrected chi connectivity index (χ1v) is 10.4. The van der Waals surface area contributed by atoms with Crippen molar-refractivity contribution >= 4 is 17.5 Å². The second-order valence-electron chi connectivity index (χ2n) is 8.50. The smallest absolute Gasteiger partial charge is 0.267 e. The molecule has 1 aliphatic carbocycles. The predicted molar refractivity (Wildman–Crippen MR) is 116 cm³/mol. The number of nitrogens with one attached hydrogen (secondary N) is 1. The van der Waals surface area contributed by atoms with Crippen LogP contribution in [0.3, 0.4) is 0 Å². The van der Waals surface area contributed by atoms with Crippen LogP contribution in [0, 0.1) is 0 Å². The number of imidazole rings is 1. The summed E-state index contributed by atoms with van der Waals surface area (Å²) in [6, 6.07) is 10.3. The highest BCUT2D eigenvalue weighted by Gasteiger charge is 2.43. The first-order valence-electron chi connectivity index (χ1n) is 10.1. The molecule has 1 fully saturated rings. The van der Waals surface area contributed by atoms with Gasteiger partial charge < -0.3 is 5.32 Å². The van der Waals surface area contributed by atoms with Crippen molar-refractivity contribution in [3.63, 3.8) is 0 Å². The summed E-state index contributed by atoms with van der Waals surface area (Å²) in [7, 11) is 0. The van der Waals surface area contributed by atoms with Gasteiger partial charge in [-0.2, -0.15) is 0 Å². The minimum atomic E-state index is -3.10. The Morgan fingerprint density at radius 3 is 2.45 bits per heavy atom. The lowest BCUT2D eigenvalue weighted by atomic mass is 9.97. The molecule has 0 unspecified atom stereocenters. The summed E-state index contributed by atoms with van der Waals surface area (Å²) in [5, 5.41) is 3.04. The molecule has 5 nitrogen and oxygen atoms in total. The molecule has 31 heavy (non-hydrogen) atoms. The molecule has 8 heteroatoms. The second-order valence-corrected chi connectivity index (χ2v) is 8.94. The van der Waals surface area contributed by atoms with E-state index in [-0.39, 0.29) is 5.56 Å². The highest BCUT2D eigenvalue weighted by molar-refractivity contribution is 6.30. The molecule has 1 aromatic carbocycles. The number of amides is 1. The van der Waals surface area contributed by atoms with E-state index < -0.39 is 17.4 Å². The van der Waals surface area contributed by atoms with Crippen molar-refractivity contribution in [2.24, 2.45) is 0 Å². The predicted octanol–water partition coefficient (Wildman–Crippen LogP) is 5.63. The molecule has 2 heterocycles. The number of hydrogen-bond acceptors (Lipinski definition) is 3. The van der Waals surface area contributed by atoms with E-state index in [0.29, 0.717) is 22.5 Å². The average molecular weight is 445 g/mol. The lowest BCUT2D eigenvalue weighted by molar-refractivity contribution is -0.0547. The minimum absolute atomic E-state index is 0.239. The molecule has 4 rings (SSSR count). The molecule has 1 N–H and O–H groups in total. The van der Waals surface area contributed by atoms with Crippen LogP contribution in [0.2, 0.25) is 5.02 Å². The number of rotatable bonds is 6. The Bertz CT molecular complexity index is 1120. The molecule has 3 aromatic rings. The number of benzene rings is 1. The second kappa shape index (κ2) is 7.71. The van der Waals surface area contributed by atoms with E-state index in [1.165, 1.54) is 13.8 Å². The molecule has 0 spiro atoms. The van der Waals surface area contributed by atoms with E-state index in [0.717, 1.165) is 31.2 Å². The van der Waals surface area contributed by atoms with E-state index in [1.54, 1.807) is 48.8 Å². The highest BCUT2D eigenvalue weighted by atomic mass is 35.5. The average Bonchev–Trinajstić information content (AvgIpc) is 3.43. The van der Waals surface area contributed by atoms with Crippen molar-refractivity contribution in [3.05, 3.63) is 65.2 Å². The molecule has 0 bridgehead atoms. The Balaban J connectivity index is 1.79. The van der Waals surface area contributed by atoms with Gasteiger partial charge in [-0.25, -0.2) is 18.7 Å². The molecule has 2 aromatic heterocycles. The Kier molecular flexibility index (Phi) is 5.33. The zero-order valence-corrected chi connectivity index (χ0v) is 18.3. The van der Waals surface area contributed by atoms with Gasteiger partial charge >= 0.3 is 0 Å². The van der Waals surface area contributed by atoms with Crippen molar-refractivity contribution in [2.75, 3.05) is 0 Å². The largest absolute Gasteiger partial charge is 0.341 e. The van der Waals surface area contributed by atoms with Gasteiger partial charge in [0, 0.05) is 41.4 Å². The zero-order valence-electron chi connectivity index (χ0n) is 17.5. The summed E-state index contributed by atoms with van der Waals surface area (Å²) in [5.41, 5.74) is -0.186. The summed E-state index contributed by atoms with van der Waals surface area (Å²) >= 11 is 6.00. The number of pyridine rings is 1. The van der Waals surface area contributed by atoms with Gasteiger partial charge in [0.15, 0.2) is 0 Å². The number of nitrogens with zero attached hydrogens (tertiary/aromatic N) is 3. The van der Waals surface area contributed by atoms with Crippen molar-refractivity contribution in [3.8, 4) is 17.1 Å². The molecule has 1 saturated carbocycles. The molecule has 1 aliphatic rings. The van der Waals surface area contributed by atoms with Crippen LogP contribution in [0.5, 0.6) is 0 Å². The third kappa shape index (κ3) is 4.46. The van der Waals surface area contributed by atoms with Gasteiger partial charge in [0.1, 0.15) is 11.6 Å². The fourth-order valence-electron chi connectivity index (χ4n) is 3.16. The van der Waals surface area contributed by atoms with Crippen molar-refractivity contribution in [2.45, 2.75) is 51.0 Å². The molecule has 0 atom stereocenters. The third-order valence-electron chi connectivity index (χ3n) is 5.60. The number of carbonyl (C=O) groups excluding carboxylic acids is 1. The standard InChI is InChI=1S/C23H23ClF2N4O/c1-22(2,23(3,25)26)29-21(31)16-12-18(14-6-8-17(24)9-7-14)28-19(13-16)30-11-10-27-20(30)15-4-5-15/h6-13,15H,4-5H2,1-3H3,(H,29,31). The summed E-state index contributed by atoms with van der Waals surface area (Å²) in [5.74, 6) is -1.93. The number of alkyl halides is 2. The van der Waals surface area contributed by atoms with Crippen LogP contribution >= 0.6 is 11.6 Å². The quantitative estimate of drug-likeness (QED) is 0.536. The maximum atomic E-state index is 14.0. The monoisotopic (exact) mass is 444 g/mol. The van der Waals surface area contributed by atoms with Gasteiger partial charge in [0.2, 0.25) is 0 Å². The maximum Gasteiger partial charge on any atom is 0.267 e. The van der Waals surface area contributed by atoms with Crippen LogP contribution < -0.4 is 5.32 Å². The summed E-state index contributed by atoms with van der Waals surface area (Å²) in [4.78, 5) is 22.1. The minimum Gasteiger partial charge on any atom is -0.341 e. The molecule has 0 aliphatic heterocycles. The summed E-state index contributed by atoms with van der Waals surface area (Å²) < 4.78 is 29.8. The van der Waals surface area contributed by atoms with Crippen LogP contribution in [0.25, 0.3) is 17.1 Å². The summed E-state index contributed by atoms with van der Waals surface area (Å²) in [6.07, 6.45) is 5.61. The molecular formula is C23H23ClF2N4O. The lowest BCUT2D eigenvalue weighted by Crippen LogP contribution is -2.54. The van der Waals surface area contributed by atoms with Gasteiger partial charge in [-0.3, -0.25) is 9.36 Å². The van der Waals surface area contributed by atoms with Crippen LogP contribution in [0.4, 0.5) is 8.78 Å². The maximum absolute atomic E-state index is 14.0. The van der Waals surface area contributed by atoms with Gasteiger partial charge in [-0.1, -0.05) is 23.7 Å². The topological polar surface area (TPSA) is 59.8 Å². The van der Waals surface area contributed by atoms with E-state index in [4.69, 9.17) is 16.6 Å². The Hall–Kier alpha value is -2.80. The van der Waals surface area contributed by atoms with Crippen LogP contribution in [0.15, 0.2) is 48.8 Å². The Morgan fingerprint density at radius 2 is 1.84 bits per heavy atom. The van der Waals surface area contributed by atoms with Crippen LogP contribution in [-0.2, 0) is 0 Å². The fraction of sp³-hybridized carbons (Fsp3) is 0.348. The summed E-state index contributed by atoms with van der Waals surface area (Å²) in [6.45, 7) is 3.39. The number of halogens is 3. The van der Waals surface area contributed by atoms with Gasteiger partial charge in [-0.05, 0) is 51.0 Å². The SMILES string of the molecule is CC(F)(F)C(C)(C)NC(=O)c1cc(-c2ccc(Cl)cc2)nc(-n2ccnc2C2CC2)c1. The fourth-order valence-corrected chi connectivity index (χ4v) is 3.28. The Labute approximate surface area is 184 Å². The van der Waals surface area contributed by atoms with Gasteiger partial charge in [0.05, 0.1) is 11.2 Å². The first kappa shape index (κ1) is 21.4. The molecule has 162 valence electrons. The van der Waals surface area contributed by atoms with Crippen molar-refractivity contribution < 1.29 is 13.6 Å². The number of carbonyl (C=O) groups is 1. The zero-order chi connectivity index (χ0) is 22.4. The molecule has 0 saturated heterocycles. The van der Waals surface area contributed by atoms with Crippen molar-refractivity contribution in [1.82, 2.24) is 19.9 Å². The Morgan fingerprint density at radius 1 is 1.16 bits per heavy atom. The first-order chi connectivity index (χ1) is 14.5. The van der Waals surface area contributed by atoms with Crippen LogP contribution in [-0.4, -0.2) is 31.9 Å². The van der Waals surface area contributed by atoms with Gasteiger partial charge in [0.25, 0.3) is 11.8 Å². The number of aromatic nitrogens is 3. The lowest BCUT2D eigenvalue weighted by Gasteiger charge is -2.32. The third-order valence-corrected chi connectivity index (χ3v) is 5.85. The van der Waals surface area contributed by atoms with E-state index in [2.05, 4.69) is 10.3 Å². The molecule has 0 radical (unpaired) electrons. The number of hydrogen-bond donors (Lipinski definition) is 1. The normalized spacial score (nSPS) is 14.5. The highest BCUT2D eigenvalue weighted by Crippen LogP contribution is 2.40. The van der Waals surface area contributed by atoms with Crippen molar-refractivity contribution in [1.29, 1.82) is 0 Å².